The summed E-state index contributed by atoms with van der Waals surface area (Å²) in [5, 5.41) is 11.8. The number of nitrogens with one attached hydrogen (secondary N) is 1. The average Bonchev–Trinajstić information content (AvgIpc) is 3.29. The molecule has 1 amide bonds. The molecule has 0 saturated carbocycles. The molecule has 3 aromatic carbocycles. The summed E-state index contributed by atoms with van der Waals surface area (Å²) in [5.74, 6) is -2.33. The molecule has 5 nitrogen and oxygen atoms in total. The lowest BCUT2D eigenvalue weighted by molar-refractivity contribution is 0.0696. The second-order valence-electron chi connectivity index (χ2n) is 7.55. The first-order chi connectivity index (χ1) is 15.9. The summed E-state index contributed by atoms with van der Waals surface area (Å²) in [4.78, 5) is 28.2. The molecule has 0 aliphatic carbocycles. The smallest absolute Gasteiger partial charge is 0.335 e. The van der Waals surface area contributed by atoms with Crippen LogP contribution in [0.2, 0.25) is 0 Å². The van der Waals surface area contributed by atoms with Crippen LogP contribution in [0.25, 0.3) is 5.57 Å². The van der Waals surface area contributed by atoms with Crippen molar-refractivity contribution in [3.05, 3.63) is 112 Å². The first-order valence-electron chi connectivity index (χ1n) is 10.3. The number of hydrogen-bond acceptors (Lipinski definition) is 3. The molecule has 3 aromatic rings. The van der Waals surface area contributed by atoms with Crippen LogP contribution in [0.3, 0.4) is 0 Å². The Hall–Kier alpha value is -4.13. The van der Waals surface area contributed by atoms with Gasteiger partial charge in [-0.1, -0.05) is 30.3 Å². The minimum absolute atomic E-state index is 0.123. The van der Waals surface area contributed by atoms with Crippen LogP contribution in [-0.2, 0) is 6.42 Å². The van der Waals surface area contributed by atoms with Crippen molar-refractivity contribution in [1.29, 1.82) is 0 Å². The molecule has 0 radical (unpaired) electrons. The van der Waals surface area contributed by atoms with Crippen LogP contribution in [0.4, 0.5) is 8.78 Å². The van der Waals surface area contributed by atoms with E-state index in [2.05, 4.69) is 10.3 Å². The number of carboxylic acids is 1. The topological polar surface area (TPSA) is 78.8 Å². The highest BCUT2D eigenvalue weighted by atomic mass is 19.1. The minimum atomic E-state index is -1.00. The van der Waals surface area contributed by atoms with Crippen LogP contribution >= 0.6 is 0 Å². The molecule has 0 aromatic heterocycles. The maximum absolute atomic E-state index is 14.7. The number of aromatic carboxylic acids is 1. The van der Waals surface area contributed by atoms with Crippen LogP contribution in [-0.4, -0.2) is 35.8 Å². The third-order valence-electron chi connectivity index (χ3n) is 5.36. The fraction of sp³-hybridized carbons (Fsp3) is 0.115. The van der Waals surface area contributed by atoms with Crippen LogP contribution in [0, 0.1) is 11.6 Å². The van der Waals surface area contributed by atoms with E-state index in [9.17, 15) is 18.4 Å². The summed E-state index contributed by atoms with van der Waals surface area (Å²) in [7, 11) is 0. The molecule has 0 atom stereocenters. The Morgan fingerprint density at radius 3 is 2.39 bits per heavy atom. The molecule has 0 unspecified atom stereocenters. The van der Waals surface area contributed by atoms with Gasteiger partial charge < -0.3 is 10.4 Å². The van der Waals surface area contributed by atoms with Crippen molar-refractivity contribution in [2.24, 2.45) is 4.99 Å². The van der Waals surface area contributed by atoms with Crippen LogP contribution in [0.5, 0.6) is 0 Å². The average molecular weight is 446 g/mol. The van der Waals surface area contributed by atoms with Crippen molar-refractivity contribution >= 4 is 23.2 Å². The molecular formula is C26H20F2N2O3. The molecule has 0 fully saturated rings. The summed E-state index contributed by atoms with van der Waals surface area (Å²) in [5.41, 5.74) is 3.31. The third kappa shape index (κ3) is 5.03. The summed E-state index contributed by atoms with van der Waals surface area (Å²) in [6.45, 7) is 0.604. The first-order valence-corrected chi connectivity index (χ1v) is 10.3. The number of halogens is 2. The highest BCUT2D eigenvalue weighted by Crippen LogP contribution is 2.25. The molecule has 0 spiro atoms. The van der Waals surface area contributed by atoms with Gasteiger partial charge in [0.2, 0.25) is 0 Å². The third-order valence-corrected chi connectivity index (χ3v) is 5.36. The zero-order valence-electron chi connectivity index (χ0n) is 17.5. The number of allylic oxidation sites excluding steroid dienone is 1. The van der Waals surface area contributed by atoms with Gasteiger partial charge in [-0.3, -0.25) is 9.79 Å². The van der Waals surface area contributed by atoms with Gasteiger partial charge in [0.25, 0.3) is 5.91 Å². The highest BCUT2D eigenvalue weighted by molar-refractivity contribution is 6.19. The van der Waals surface area contributed by atoms with E-state index in [4.69, 9.17) is 5.11 Å². The molecule has 1 aliphatic rings. The van der Waals surface area contributed by atoms with E-state index in [0.29, 0.717) is 25.2 Å². The monoisotopic (exact) mass is 446 g/mol. The number of aliphatic imine (C=N–C) groups is 1. The molecule has 2 N–H and O–H groups in total. The second kappa shape index (κ2) is 9.56. The Bertz CT molecular complexity index is 1260. The van der Waals surface area contributed by atoms with E-state index in [-0.39, 0.29) is 22.5 Å². The normalized spacial score (nSPS) is 12.8. The first kappa shape index (κ1) is 22.1. The quantitative estimate of drug-likeness (QED) is 0.560. The fourth-order valence-electron chi connectivity index (χ4n) is 3.62. The number of benzene rings is 3. The molecule has 7 heteroatoms. The van der Waals surface area contributed by atoms with Crippen LogP contribution in [0.15, 0.2) is 77.8 Å². The molecule has 4 rings (SSSR count). The summed E-state index contributed by atoms with van der Waals surface area (Å²) < 4.78 is 28.0. The molecule has 1 heterocycles. The molecule has 1 aliphatic heterocycles. The lowest BCUT2D eigenvalue weighted by Crippen LogP contribution is -2.27. The van der Waals surface area contributed by atoms with Gasteiger partial charge in [0.1, 0.15) is 11.6 Å². The maximum atomic E-state index is 14.7. The molecule has 166 valence electrons. The number of carboxylic acid groups (broad SMARTS) is 1. The van der Waals surface area contributed by atoms with Gasteiger partial charge in [0.05, 0.1) is 23.4 Å². The lowest BCUT2D eigenvalue weighted by atomic mass is 9.99. The van der Waals surface area contributed by atoms with Crippen molar-refractivity contribution in [2.75, 3.05) is 13.1 Å². The number of carbonyl (C=O) groups is 2. The number of rotatable bonds is 7. The van der Waals surface area contributed by atoms with Gasteiger partial charge in [-0.15, -0.1) is 0 Å². The summed E-state index contributed by atoms with van der Waals surface area (Å²) >= 11 is 0. The molecular weight excluding hydrogens is 426 g/mol. The van der Waals surface area contributed by atoms with Gasteiger partial charge in [0.15, 0.2) is 0 Å². The number of amides is 1. The van der Waals surface area contributed by atoms with Crippen LogP contribution < -0.4 is 5.32 Å². The molecule has 0 saturated heterocycles. The maximum Gasteiger partial charge on any atom is 0.335 e. The van der Waals surface area contributed by atoms with E-state index < -0.39 is 17.7 Å². The van der Waals surface area contributed by atoms with Gasteiger partial charge in [-0.2, -0.15) is 0 Å². The summed E-state index contributed by atoms with van der Waals surface area (Å²) in [6.07, 6.45) is 2.21. The number of nitrogens with zero attached hydrogens (tertiary/aromatic N) is 1. The number of hydrogen-bond donors (Lipinski definition) is 2. The predicted octanol–water partition coefficient (Wildman–Crippen LogP) is 4.52. The lowest BCUT2D eigenvalue weighted by Gasteiger charge is -2.11. The molecule has 0 bridgehead atoms. The van der Waals surface area contributed by atoms with Gasteiger partial charge in [-0.25, -0.2) is 13.6 Å². The molecule has 33 heavy (non-hydrogen) atoms. The van der Waals surface area contributed by atoms with Crippen molar-refractivity contribution in [1.82, 2.24) is 5.32 Å². The van der Waals surface area contributed by atoms with Crippen molar-refractivity contribution in [3.8, 4) is 0 Å². The van der Waals surface area contributed by atoms with Gasteiger partial charge in [0, 0.05) is 12.1 Å². The Labute approximate surface area is 189 Å². The number of carbonyl (C=O) groups excluding carboxylic acids is 1. The van der Waals surface area contributed by atoms with E-state index in [1.807, 2.05) is 0 Å². The van der Waals surface area contributed by atoms with E-state index in [1.165, 1.54) is 36.4 Å². The van der Waals surface area contributed by atoms with E-state index in [1.54, 1.807) is 36.4 Å². The highest BCUT2D eigenvalue weighted by Gasteiger charge is 2.21. The van der Waals surface area contributed by atoms with Crippen LogP contribution in [0.1, 0.15) is 37.4 Å². The summed E-state index contributed by atoms with van der Waals surface area (Å²) in [6, 6.07) is 16.7. The van der Waals surface area contributed by atoms with Crippen molar-refractivity contribution in [3.63, 3.8) is 0 Å². The Balaban J connectivity index is 1.48. The minimum Gasteiger partial charge on any atom is -0.478 e. The Morgan fingerprint density at radius 1 is 0.970 bits per heavy atom. The van der Waals surface area contributed by atoms with Crippen molar-refractivity contribution < 1.29 is 23.5 Å². The van der Waals surface area contributed by atoms with Gasteiger partial charge >= 0.3 is 5.97 Å². The van der Waals surface area contributed by atoms with E-state index >= 15 is 0 Å². The SMILES string of the molecule is O=C(O)c1ccc(CCNC(=O)c2cccc(F)c2C2=NCC(c3ccc(F)cc3)=C2)cc1. The zero-order chi connectivity index (χ0) is 23.4. The predicted molar refractivity (Wildman–Crippen MR) is 122 cm³/mol. The Kier molecular flexibility index (Phi) is 6.40. The van der Waals surface area contributed by atoms with Crippen molar-refractivity contribution in [2.45, 2.75) is 6.42 Å². The zero-order valence-corrected chi connectivity index (χ0v) is 17.5. The van der Waals surface area contributed by atoms with Gasteiger partial charge in [-0.05, 0) is 65.6 Å². The van der Waals surface area contributed by atoms with E-state index in [0.717, 1.165) is 16.7 Å². The fourth-order valence-corrected chi connectivity index (χ4v) is 3.62. The largest absolute Gasteiger partial charge is 0.478 e. The Morgan fingerprint density at radius 2 is 1.70 bits per heavy atom. The second-order valence-corrected chi connectivity index (χ2v) is 7.55. The standard InChI is InChI=1S/C26H20F2N2O3/c27-20-10-8-17(9-11-20)19-14-23(30-15-19)24-21(2-1-3-22(24)28)25(31)29-13-12-16-4-6-18(7-5-16)26(32)33/h1-11,14H,12-13,15H2,(H,29,31)(H,32,33).